The molecule has 1 N–H and O–H groups in total. The summed E-state index contributed by atoms with van der Waals surface area (Å²) in [7, 11) is 3.96. The van der Waals surface area contributed by atoms with Gasteiger partial charge in [0.05, 0.1) is 10.0 Å². The third-order valence-corrected chi connectivity index (χ3v) is 4.37. The number of anilines is 2. The number of likely N-dealkylation sites (N-methyl/N-ethyl adjacent to an activating group) is 1. The molecule has 4 nitrogen and oxygen atoms in total. The number of hydrogen-bond acceptors (Lipinski definition) is 4. The summed E-state index contributed by atoms with van der Waals surface area (Å²) in [6, 6.07) is 2.69. The van der Waals surface area contributed by atoms with Crippen LogP contribution in [0.25, 0.3) is 0 Å². The lowest BCUT2D eigenvalue weighted by atomic mass is 10.1. The Balaban J connectivity index is 2.31. The largest absolute Gasteiger partial charge is 0.372 e. The van der Waals surface area contributed by atoms with Crippen LogP contribution < -0.4 is 10.2 Å². The quantitative estimate of drug-likeness (QED) is 0.910. The third-order valence-electron chi connectivity index (χ3n) is 3.81. The van der Waals surface area contributed by atoms with Gasteiger partial charge < -0.3 is 10.2 Å². The molecule has 0 spiro atoms. The average Bonchev–Trinajstić information content (AvgIpc) is 2.35. The van der Waals surface area contributed by atoms with Crippen LogP contribution in [-0.4, -0.2) is 49.2 Å². The predicted molar refractivity (Wildman–Crippen MR) is 82.7 cm³/mol. The average molecular weight is 303 g/mol. The van der Waals surface area contributed by atoms with Gasteiger partial charge >= 0.3 is 0 Å². The van der Waals surface area contributed by atoms with Crippen molar-refractivity contribution < 1.29 is 0 Å². The van der Waals surface area contributed by atoms with Crippen LogP contribution >= 0.6 is 23.2 Å². The fraction of sp³-hybridized carbons (Fsp3) is 0.615. The zero-order valence-electron chi connectivity index (χ0n) is 11.7. The van der Waals surface area contributed by atoms with Gasteiger partial charge in [-0.1, -0.05) is 23.2 Å². The highest BCUT2D eigenvalue weighted by molar-refractivity contribution is 6.37. The first-order valence-corrected chi connectivity index (χ1v) is 7.20. The Labute approximate surface area is 124 Å². The van der Waals surface area contributed by atoms with E-state index in [-0.39, 0.29) is 0 Å². The fourth-order valence-electron chi connectivity index (χ4n) is 2.43. The number of nitrogens with zero attached hydrogens (tertiary/aromatic N) is 3. The highest BCUT2D eigenvalue weighted by Crippen LogP contribution is 2.32. The Kier molecular flexibility index (Phi) is 4.43. The van der Waals surface area contributed by atoms with Gasteiger partial charge in [0, 0.05) is 32.2 Å². The van der Waals surface area contributed by atoms with Crippen molar-refractivity contribution in [2.45, 2.75) is 25.9 Å². The standard InChI is InChI=1S/C13H20Cl2N4/c1-8-6-19(7-9(2)18(8)4)13-11(15)5-10(14)12(16-3)17-13/h5,8-9H,6-7H2,1-4H3,(H,16,17). The van der Waals surface area contributed by atoms with E-state index in [1.54, 1.807) is 13.1 Å². The van der Waals surface area contributed by atoms with E-state index in [0.717, 1.165) is 18.9 Å². The van der Waals surface area contributed by atoms with Crippen molar-refractivity contribution in [3.63, 3.8) is 0 Å². The van der Waals surface area contributed by atoms with Gasteiger partial charge in [-0.05, 0) is 27.0 Å². The van der Waals surface area contributed by atoms with E-state index in [9.17, 15) is 0 Å². The molecule has 0 aliphatic carbocycles. The molecule has 1 aliphatic rings. The van der Waals surface area contributed by atoms with Crippen LogP contribution in [0.15, 0.2) is 6.07 Å². The van der Waals surface area contributed by atoms with Crippen molar-refractivity contribution in [3.8, 4) is 0 Å². The number of rotatable bonds is 2. The second kappa shape index (κ2) is 5.73. The molecule has 0 saturated carbocycles. The highest BCUT2D eigenvalue weighted by Gasteiger charge is 2.28. The minimum atomic E-state index is 0.468. The normalized spacial score (nSPS) is 24.6. The molecular weight excluding hydrogens is 283 g/mol. The molecule has 2 rings (SSSR count). The summed E-state index contributed by atoms with van der Waals surface area (Å²) in [5.74, 6) is 1.47. The SMILES string of the molecule is CNc1nc(N2CC(C)N(C)C(C)C2)c(Cl)cc1Cl. The monoisotopic (exact) mass is 302 g/mol. The molecule has 6 heteroatoms. The lowest BCUT2D eigenvalue weighted by molar-refractivity contribution is 0.169. The lowest BCUT2D eigenvalue weighted by Gasteiger charge is -2.43. The van der Waals surface area contributed by atoms with Crippen molar-refractivity contribution in [1.82, 2.24) is 9.88 Å². The van der Waals surface area contributed by atoms with Gasteiger partial charge in [-0.15, -0.1) is 0 Å². The van der Waals surface area contributed by atoms with E-state index < -0.39 is 0 Å². The Morgan fingerprint density at radius 1 is 1.21 bits per heavy atom. The maximum atomic E-state index is 6.29. The van der Waals surface area contributed by atoms with Gasteiger partial charge in [-0.3, -0.25) is 4.90 Å². The molecule has 1 fully saturated rings. The van der Waals surface area contributed by atoms with E-state index in [1.165, 1.54) is 0 Å². The summed E-state index contributed by atoms with van der Waals surface area (Å²) in [5, 5.41) is 4.15. The molecular formula is C13H20Cl2N4. The number of pyridine rings is 1. The summed E-state index contributed by atoms with van der Waals surface area (Å²) in [6.07, 6.45) is 0. The molecule has 2 unspecified atom stereocenters. The van der Waals surface area contributed by atoms with Crippen LogP contribution in [0.3, 0.4) is 0 Å². The molecule has 0 radical (unpaired) electrons. The van der Waals surface area contributed by atoms with Gasteiger partial charge in [0.1, 0.15) is 11.6 Å². The van der Waals surface area contributed by atoms with Crippen LogP contribution in [0.2, 0.25) is 10.0 Å². The number of nitrogens with one attached hydrogen (secondary N) is 1. The number of piperazine rings is 1. The molecule has 0 aromatic carbocycles. The molecule has 1 aliphatic heterocycles. The first kappa shape index (κ1) is 14.7. The highest BCUT2D eigenvalue weighted by atomic mass is 35.5. The van der Waals surface area contributed by atoms with Gasteiger partial charge in [0.25, 0.3) is 0 Å². The van der Waals surface area contributed by atoms with E-state index in [0.29, 0.717) is 27.9 Å². The number of hydrogen-bond donors (Lipinski definition) is 1. The first-order chi connectivity index (χ1) is 8.93. The minimum absolute atomic E-state index is 0.468. The summed E-state index contributed by atoms with van der Waals surface area (Å²) in [4.78, 5) is 9.15. The van der Waals surface area contributed by atoms with E-state index >= 15 is 0 Å². The third kappa shape index (κ3) is 2.91. The van der Waals surface area contributed by atoms with Crippen LogP contribution in [0.4, 0.5) is 11.6 Å². The molecule has 19 heavy (non-hydrogen) atoms. The molecule has 0 amide bonds. The van der Waals surface area contributed by atoms with Gasteiger partial charge in [-0.25, -0.2) is 4.98 Å². The topological polar surface area (TPSA) is 31.4 Å². The van der Waals surface area contributed by atoms with Crippen LogP contribution in [0.5, 0.6) is 0 Å². The lowest BCUT2D eigenvalue weighted by Crippen LogP contribution is -2.55. The Hall–Kier alpha value is -0.710. The minimum Gasteiger partial charge on any atom is -0.372 e. The van der Waals surface area contributed by atoms with E-state index in [1.807, 2.05) is 0 Å². The van der Waals surface area contributed by atoms with Crippen LogP contribution in [0, 0.1) is 0 Å². The summed E-state index contributed by atoms with van der Waals surface area (Å²) >= 11 is 12.4. The second-order valence-electron chi connectivity index (χ2n) is 5.14. The maximum Gasteiger partial charge on any atom is 0.150 e. The van der Waals surface area contributed by atoms with Crippen molar-refractivity contribution in [1.29, 1.82) is 0 Å². The molecule has 0 bridgehead atoms. The van der Waals surface area contributed by atoms with Gasteiger partial charge in [-0.2, -0.15) is 0 Å². The van der Waals surface area contributed by atoms with Crippen molar-refractivity contribution >= 4 is 34.8 Å². The fourth-order valence-corrected chi connectivity index (χ4v) is 3.00. The molecule has 1 saturated heterocycles. The Morgan fingerprint density at radius 2 is 1.79 bits per heavy atom. The molecule has 1 aromatic rings. The second-order valence-corrected chi connectivity index (χ2v) is 5.96. The van der Waals surface area contributed by atoms with E-state index in [4.69, 9.17) is 23.2 Å². The molecule has 2 atom stereocenters. The summed E-state index contributed by atoms with van der Waals surface area (Å²) < 4.78 is 0. The van der Waals surface area contributed by atoms with Crippen LogP contribution in [-0.2, 0) is 0 Å². The summed E-state index contributed by atoms with van der Waals surface area (Å²) in [6.45, 7) is 6.26. The Bertz CT molecular complexity index is 454. The van der Waals surface area contributed by atoms with Gasteiger partial charge in [0.2, 0.25) is 0 Å². The zero-order valence-corrected chi connectivity index (χ0v) is 13.3. The molecule has 2 heterocycles. The predicted octanol–water partition coefficient (Wildman–Crippen LogP) is 2.96. The smallest absolute Gasteiger partial charge is 0.150 e. The van der Waals surface area contributed by atoms with Gasteiger partial charge in [0.15, 0.2) is 0 Å². The van der Waals surface area contributed by atoms with Crippen molar-refractivity contribution in [2.75, 3.05) is 37.4 Å². The van der Waals surface area contributed by atoms with Crippen molar-refractivity contribution in [2.24, 2.45) is 0 Å². The number of halogens is 2. The maximum absolute atomic E-state index is 6.29. The van der Waals surface area contributed by atoms with Crippen molar-refractivity contribution in [3.05, 3.63) is 16.1 Å². The zero-order chi connectivity index (χ0) is 14.2. The summed E-state index contributed by atoms with van der Waals surface area (Å²) in [5.41, 5.74) is 0. The number of aromatic nitrogens is 1. The Morgan fingerprint density at radius 3 is 2.32 bits per heavy atom. The van der Waals surface area contributed by atoms with E-state index in [2.05, 4.69) is 41.0 Å². The van der Waals surface area contributed by atoms with Crippen LogP contribution in [0.1, 0.15) is 13.8 Å². The molecule has 1 aromatic heterocycles. The molecule has 106 valence electrons. The first-order valence-electron chi connectivity index (χ1n) is 6.44.